The van der Waals surface area contributed by atoms with E-state index in [-0.39, 0.29) is 0 Å². The van der Waals surface area contributed by atoms with Crippen LogP contribution in [0.25, 0.3) is 84.4 Å². The maximum atomic E-state index is 4.68. The third kappa shape index (κ3) is 6.66. The number of aromatic nitrogens is 2. The third-order valence-electron chi connectivity index (χ3n) is 12.8. The lowest BCUT2D eigenvalue weighted by molar-refractivity contribution is 1.29. The van der Waals surface area contributed by atoms with Crippen LogP contribution in [0.15, 0.2) is 231 Å². The number of benzene rings is 9. The summed E-state index contributed by atoms with van der Waals surface area (Å²) in [6.07, 6.45) is 3.76. The van der Waals surface area contributed by atoms with Gasteiger partial charge >= 0.3 is 0 Å². The maximum absolute atomic E-state index is 4.68. The van der Waals surface area contributed by atoms with E-state index in [2.05, 4.69) is 226 Å². The van der Waals surface area contributed by atoms with Crippen LogP contribution in [-0.4, -0.2) is 9.97 Å². The summed E-state index contributed by atoms with van der Waals surface area (Å²) in [6, 6.07) is 79.4. The first-order chi connectivity index (χ1) is 32.7. The zero-order valence-electron chi connectivity index (χ0n) is 35.5. The Kier molecular flexibility index (Phi) is 9.18. The van der Waals surface area contributed by atoms with E-state index >= 15 is 0 Å². The van der Waals surface area contributed by atoms with E-state index in [4.69, 9.17) is 0 Å². The highest BCUT2D eigenvalue weighted by Gasteiger charge is 2.19. The van der Waals surface area contributed by atoms with Crippen molar-refractivity contribution in [2.24, 2.45) is 0 Å². The minimum atomic E-state index is 1.06. The molecule has 6 heteroatoms. The summed E-state index contributed by atoms with van der Waals surface area (Å²) in [5.41, 5.74) is 11.4. The van der Waals surface area contributed by atoms with E-state index in [9.17, 15) is 0 Å². The number of anilines is 6. The van der Waals surface area contributed by atoms with Crippen molar-refractivity contribution in [1.82, 2.24) is 9.97 Å². The molecule has 0 N–H and O–H groups in total. The van der Waals surface area contributed by atoms with Crippen molar-refractivity contribution in [3.05, 3.63) is 231 Å². The van der Waals surface area contributed by atoms with Crippen molar-refractivity contribution < 1.29 is 0 Å². The van der Waals surface area contributed by atoms with E-state index in [1.807, 2.05) is 24.5 Å². The van der Waals surface area contributed by atoms with E-state index in [0.717, 1.165) is 43.8 Å². The fourth-order valence-corrected chi connectivity index (χ4v) is 11.7. The molecule has 0 atom stereocenters. The topological polar surface area (TPSA) is 32.3 Å². The van der Waals surface area contributed by atoms with E-state index in [1.54, 1.807) is 22.7 Å². The summed E-state index contributed by atoms with van der Waals surface area (Å²) in [7, 11) is 0. The Morgan fingerprint density at radius 1 is 0.273 bits per heavy atom. The molecule has 0 radical (unpaired) electrons. The molecule has 0 aliphatic rings. The average molecular weight is 879 g/mol. The lowest BCUT2D eigenvalue weighted by atomic mass is 9.99. The largest absolute Gasteiger partial charge is 0.310 e. The second-order valence-electron chi connectivity index (χ2n) is 16.7. The van der Waals surface area contributed by atoms with Crippen LogP contribution in [0.4, 0.5) is 34.1 Å². The molecular formula is C60H38N4S2. The van der Waals surface area contributed by atoms with Gasteiger partial charge in [-0.25, -0.2) is 9.97 Å². The molecule has 13 aromatic rings. The standard InChI is InChI=1S/C60H38N4S2/c1-3-9-39(10-4-1)41-17-21-45(22-18-41)63(49-27-31-53-55-13-7-33-61-59(55)65-57(53)37-49)47-25-29-51-43(35-47)15-16-44-36-48(26-30-52(44)51)64(46-23-19-42(20-24-46)40-11-5-2-6-12-40)50-28-32-54-56-14-8-34-62-60(56)66-58(54)38-50/h1-38H. The second kappa shape index (κ2) is 15.8. The number of rotatable bonds is 8. The first-order valence-electron chi connectivity index (χ1n) is 22.1. The first-order valence-corrected chi connectivity index (χ1v) is 23.7. The van der Waals surface area contributed by atoms with Crippen LogP contribution in [0.2, 0.25) is 0 Å². The van der Waals surface area contributed by atoms with Gasteiger partial charge in [0.25, 0.3) is 0 Å². The van der Waals surface area contributed by atoms with Gasteiger partial charge in [-0.3, -0.25) is 0 Å². The van der Waals surface area contributed by atoms with Gasteiger partial charge in [0.1, 0.15) is 9.66 Å². The Morgan fingerprint density at radius 3 is 1.06 bits per heavy atom. The Labute approximate surface area is 389 Å². The quantitative estimate of drug-likeness (QED) is 0.142. The number of pyridine rings is 2. The lowest BCUT2D eigenvalue weighted by Gasteiger charge is -2.27. The molecule has 0 saturated heterocycles. The zero-order chi connectivity index (χ0) is 43.6. The van der Waals surface area contributed by atoms with Crippen LogP contribution in [0, 0.1) is 0 Å². The van der Waals surface area contributed by atoms with Crippen molar-refractivity contribution in [2.75, 3.05) is 9.80 Å². The summed E-state index contributed by atoms with van der Waals surface area (Å²) in [5, 5.41) is 9.65. The molecule has 0 aliphatic carbocycles. The molecule has 0 amide bonds. The molecule has 9 aromatic carbocycles. The molecule has 310 valence electrons. The van der Waals surface area contributed by atoms with Crippen molar-refractivity contribution in [3.63, 3.8) is 0 Å². The highest BCUT2D eigenvalue weighted by Crippen LogP contribution is 2.44. The van der Waals surface area contributed by atoms with Gasteiger partial charge in [-0.1, -0.05) is 121 Å². The summed E-state index contributed by atoms with van der Waals surface area (Å²) in [4.78, 5) is 16.2. The molecule has 0 unspecified atom stereocenters. The SMILES string of the molecule is c1ccc(-c2ccc(N(c3ccc4c(ccc5cc(N(c6ccc(-c7ccccc7)cc6)c6ccc7c(c6)sc6ncccc67)ccc54)c3)c3ccc4c(c3)sc3ncccc34)cc2)cc1. The highest BCUT2D eigenvalue weighted by molar-refractivity contribution is 7.25. The normalized spacial score (nSPS) is 11.6. The highest BCUT2D eigenvalue weighted by atomic mass is 32.1. The molecule has 0 saturated carbocycles. The summed E-state index contributed by atoms with van der Waals surface area (Å²) in [5.74, 6) is 0. The van der Waals surface area contributed by atoms with Crippen LogP contribution in [0.3, 0.4) is 0 Å². The minimum Gasteiger partial charge on any atom is -0.310 e. The van der Waals surface area contributed by atoms with Crippen LogP contribution in [-0.2, 0) is 0 Å². The summed E-state index contributed by atoms with van der Waals surface area (Å²) >= 11 is 3.49. The van der Waals surface area contributed by atoms with Gasteiger partial charge < -0.3 is 9.80 Å². The van der Waals surface area contributed by atoms with Crippen LogP contribution < -0.4 is 9.80 Å². The molecule has 0 aliphatic heterocycles. The van der Waals surface area contributed by atoms with E-state index < -0.39 is 0 Å². The molecule has 13 rings (SSSR count). The Hall–Kier alpha value is -8.16. The molecule has 0 bridgehead atoms. The molecule has 0 fully saturated rings. The lowest BCUT2D eigenvalue weighted by Crippen LogP contribution is -2.10. The molecule has 66 heavy (non-hydrogen) atoms. The van der Waals surface area contributed by atoms with Gasteiger partial charge in [-0.15, -0.1) is 22.7 Å². The fourth-order valence-electron chi connectivity index (χ4n) is 9.56. The van der Waals surface area contributed by atoms with Crippen LogP contribution in [0.1, 0.15) is 0 Å². The average Bonchev–Trinajstić information content (AvgIpc) is 3.95. The molecule has 4 heterocycles. The summed E-state index contributed by atoms with van der Waals surface area (Å²) in [6.45, 7) is 0. The number of fused-ring (bicyclic) bond motifs is 9. The number of hydrogen-bond acceptors (Lipinski definition) is 6. The van der Waals surface area contributed by atoms with Gasteiger partial charge in [0, 0.05) is 77.5 Å². The van der Waals surface area contributed by atoms with E-state index in [0.29, 0.717) is 0 Å². The Morgan fingerprint density at radius 2 is 0.636 bits per heavy atom. The first kappa shape index (κ1) is 38.3. The molecule has 4 nitrogen and oxygen atoms in total. The zero-order valence-corrected chi connectivity index (χ0v) is 37.2. The van der Waals surface area contributed by atoms with Crippen molar-refractivity contribution >= 4 is 119 Å². The van der Waals surface area contributed by atoms with Gasteiger partial charge in [0.2, 0.25) is 0 Å². The monoisotopic (exact) mass is 878 g/mol. The molecule has 4 aromatic heterocycles. The van der Waals surface area contributed by atoms with Crippen molar-refractivity contribution in [2.45, 2.75) is 0 Å². The van der Waals surface area contributed by atoms with Gasteiger partial charge in [0.15, 0.2) is 0 Å². The Bertz CT molecular complexity index is 3680. The third-order valence-corrected chi connectivity index (χ3v) is 14.9. The predicted octanol–water partition coefficient (Wildman–Crippen LogP) is 17.8. The Balaban J connectivity index is 0.912. The maximum Gasteiger partial charge on any atom is 0.124 e. The molecule has 0 spiro atoms. The summed E-state index contributed by atoms with van der Waals surface area (Å²) < 4.78 is 2.44. The number of thiophene rings is 2. The minimum absolute atomic E-state index is 1.06. The van der Waals surface area contributed by atoms with Crippen molar-refractivity contribution in [1.29, 1.82) is 0 Å². The smallest absolute Gasteiger partial charge is 0.124 e. The van der Waals surface area contributed by atoms with Gasteiger partial charge in [-0.2, -0.15) is 0 Å². The van der Waals surface area contributed by atoms with E-state index in [1.165, 1.54) is 74.7 Å². The fraction of sp³-hybridized carbons (Fsp3) is 0. The second-order valence-corrected chi connectivity index (χ2v) is 18.7. The number of hydrogen-bond donors (Lipinski definition) is 0. The predicted molar refractivity (Wildman–Crippen MR) is 283 cm³/mol. The number of nitrogens with zero attached hydrogens (tertiary/aromatic N) is 4. The van der Waals surface area contributed by atoms with Crippen molar-refractivity contribution in [3.8, 4) is 22.3 Å². The van der Waals surface area contributed by atoms with Gasteiger partial charge in [-0.05, 0) is 141 Å². The van der Waals surface area contributed by atoms with Crippen LogP contribution in [0.5, 0.6) is 0 Å². The van der Waals surface area contributed by atoms with Crippen LogP contribution >= 0.6 is 22.7 Å². The molecular weight excluding hydrogens is 841 g/mol. The van der Waals surface area contributed by atoms with Gasteiger partial charge in [0.05, 0.1) is 0 Å².